The Morgan fingerprint density at radius 1 is 1.44 bits per heavy atom. The van der Waals surface area contributed by atoms with Crippen LogP contribution in [-0.4, -0.2) is 24.2 Å². The topological polar surface area (TPSA) is 72.2 Å². The van der Waals surface area contributed by atoms with Gasteiger partial charge in [-0.25, -0.2) is 9.78 Å². The van der Waals surface area contributed by atoms with E-state index in [0.717, 1.165) is 15.2 Å². The molecule has 1 aromatic heterocycles. The molecule has 0 atom stereocenters. The van der Waals surface area contributed by atoms with Crippen LogP contribution in [0.5, 0.6) is 0 Å². The largest absolute Gasteiger partial charge is 0.449 e. The minimum Gasteiger partial charge on any atom is -0.449 e. The lowest BCUT2D eigenvalue weighted by Crippen LogP contribution is -2.12. The fraction of sp³-hybridized carbons (Fsp3) is 0.250. The summed E-state index contributed by atoms with van der Waals surface area (Å²) >= 11 is 1.53. The zero-order valence-corrected chi connectivity index (χ0v) is 10.3. The lowest BCUT2D eigenvalue weighted by molar-refractivity contribution is -0.147. The van der Waals surface area contributed by atoms with Gasteiger partial charge >= 0.3 is 5.97 Å². The summed E-state index contributed by atoms with van der Waals surface area (Å²) in [5, 5.41) is 9.03. The lowest BCUT2D eigenvalue weighted by Gasteiger charge is -2.00. The average Bonchev–Trinajstić information content (AvgIpc) is 2.79. The zero-order chi connectivity index (χ0) is 12.8. The molecule has 2 aromatic rings. The predicted molar refractivity (Wildman–Crippen MR) is 65.8 cm³/mol. The van der Waals surface area contributed by atoms with Crippen LogP contribution in [0, 0.1) is 11.3 Å². The van der Waals surface area contributed by atoms with Gasteiger partial charge < -0.3 is 9.47 Å². The van der Waals surface area contributed by atoms with Gasteiger partial charge in [-0.1, -0.05) is 12.1 Å². The van der Waals surface area contributed by atoms with Gasteiger partial charge in [-0.15, -0.1) is 11.3 Å². The normalized spacial score (nSPS) is 10.2. The zero-order valence-electron chi connectivity index (χ0n) is 9.46. The third-order valence-corrected chi connectivity index (χ3v) is 3.09. The second kappa shape index (κ2) is 6.10. The van der Waals surface area contributed by atoms with E-state index in [4.69, 9.17) is 10.00 Å². The van der Waals surface area contributed by atoms with E-state index < -0.39 is 5.97 Å². The molecule has 0 radical (unpaired) electrons. The third-order valence-electron chi connectivity index (χ3n) is 2.08. The van der Waals surface area contributed by atoms with Crippen LogP contribution in [0.3, 0.4) is 0 Å². The molecule has 5 nitrogen and oxygen atoms in total. The fourth-order valence-corrected chi connectivity index (χ4v) is 2.26. The number of nitrogens with zero attached hydrogens (tertiary/aromatic N) is 2. The number of thiazole rings is 1. The number of benzene rings is 1. The number of fused-ring (bicyclic) bond motifs is 1. The molecule has 0 aliphatic carbocycles. The number of nitriles is 1. The van der Waals surface area contributed by atoms with Crippen molar-refractivity contribution in [3.63, 3.8) is 0 Å². The first-order valence-corrected chi connectivity index (χ1v) is 6.06. The van der Waals surface area contributed by atoms with Gasteiger partial charge in [0.2, 0.25) is 0 Å². The fourth-order valence-electron chi connectivity index (χ4n) is 1.36. The Kier molecular flexibility index (Phi) is 4.23. The summed E-state index contributed by atoms with van der Waals surface area (Å²) in [5.41, 5.74) is 0.924. The van der Waals surface area contributed by atoms with Crippen LogP contribution < -0.4 is 0 Å². The Labute approximate surface area is 108 Å². The van der Waals surface area contributed by atoms with Crippen molar-refractivity contribution in [2.45, 2.75) is 6.61 Å². The second-order valence-corrected chi connectivity index (χ2v) is 4.50. The van der Waals surface area contributed by atoms with E-state index in [-0.39, 0.29) is 19.8 Å². The molecule has 0 unspecified atom stereocenters. The quantitative estimate of drug-likeness (QED) is 0.769. The molecule has 0 aliphatic heterocycles. The van der Waals surface area contributed by atoms with E-state index in [9.17, 15) is 4.79 Å². The number of hydrogen-bond donors (Lipinski definition) is 0. The van der Waals surface area contributed by atoms with Crippen LogP contribution in [0.2, 0.25) is 0 Å². The lowest BCUT2D eigenvalue weighted by atomic mass is 10.3. The number of hydrogen-bond acceptors (Lipinski definition) is 6. The summed E-state index contributed by atoms with van der Waals surface area (Å²) in [4.78, 5) is 15.4. The van der Waals surface area contributed by atoms with Gasteiger partial charge in [0.25, 0.3) is 0 Å². The first-order chi connectivity index (χ1) is 8.79. The molecule has 6 heteroatoms. The van der Waals surface area contributed by atoms with E-state index in [0.29, 0.717) is 0 Å². The Morgan fingerprint density at radius 2 is 2.28 bits per heavy atom. The molecule has 0 bridgehead atoms. The van der Waals surface area contributed by atoms with E-state index >= 15 is 0 Å². The van der Waals surface area contributed by atoms with Crippen LogP contribution in [0.15, 0.2) is 24.3 Å². The first-order valence-electron chi connectivity index (χ1n) is 5.24. The van der Waals surface area contributed by atoms with Crippen molar-refractivity contribution in [3.05, 3.63) is 29.3 Å². The molecule has 0 N–H and O–H groups in total. The van der Waals surface area contributed by atoms with Gasteiger partial charge in [-0.2, -0.15) is 5.26 Å². The number of rotatable bonds is 5. The summed E-state index contributed by atoms with van der Waals surface area (Å²) < 4.78 is 10.8. The Morgan fingerprint density at radius 3 is 3.06 bits per heavy atom. The van der Waals surface area contributed by atoms with Crippen molar-refractivity contribution in [2.75, 3.05) is 13.2 Å². The maximum atomic E-state index is 11.0. The van der Waals surface area contributed by atoms with Gasteiger partial charge in [0, 0.05) is 0 Å². The third kappa shape index (κ3) is 3.26. The van der Waals surface area contributed by atoms with E-state index in [2.05, 4.69) is 9.72 Å². The maximum absolute atomic E-state index is 11.0. The van der Waals surface area contributed by atoms with Crippen LogP contribution in [0.25, 0.3) is 10.2 Å². The highest BCUT2D eigenvalue weighted by Gasteiger charge is 2.06. The minimum absolute atomic E-state index is 0.169. The van der Waals surface area contributed by atoms with E-state index in [1.54, 1.807) is 6.07 Å². The average molecular weight is 262 g/mol. The number of esters is 1. The van der Waals surface area contributed by atoms with Crippen LogP contribution in [0.4, 0.5) is 0 Å². The summed E-state index contributed by atoms with van der Waals surface area (Å²) in [6, 6.07) is 9.50. The van der Waals surface area contributed by atoms with E-state index in [1.165, 1.54) is 11.3 Å². The summed E-state index contributed by atoms with van der Waals surface area (Å²) in [6.45, 7) is -0.151. The monoisotopic (exact) mass is 262 g/mol. The molecule has 0 spiro atoms. The molecule has 2 rings (SSSR count). The molecule has 92 valence electrons. The van der Waals surface area contributed by atoms with Crippen molar-refractivity contribution < 1.29 is 14.3 Å². The van der Waals surface area contributed by atoms with Crippen molar-refractivity contribution in [1.29, 1.82) is 5.26 Å². The molecule has 0 saturated carbocycles. The van der Waals surface area contributed by atoms with E-state index in [1.807, 2.05) is 24.3 Å². The molecule has 0 fully saturated rings. The molecule has 0 amide bonds. The molecule has 1 aromatic carbocycles. The number of carbonyl (C=O) groups excluding carboxylic acids is 1. The highest BCUT2D eigenvalue weighted by Crippen LogP contribution is 2.21. The Balaban J connectivity index is 1.83. The standard InChI is InChI=1S/C12H10N2O3S/c13-5-6-17-12(15)8-16-7-11-14-9-3-1-2-4-10(9)18-11/h1-4H,6-8H2. The second-order valence-electron chi connectivity index (χ2n) is 3.39. The smallest absolute Gasteiger partial charge is 0.333 e. The predicted octanol–water partition coefficient (Wildman–Crippen LogP) is 1.88. The van der Waals surface area contributed by atoms with Gasteiger partial charge in [0.05, 0.1) is 16.8 Å². The number of carbonyl (C=O) groups is 1. The summed E-state index contributed by atoms with van der Waals surface area (Å²) in [6.07, 6.45) is 0. The van der Waals surface area contributed by atoms with Crippen molar-refractivity contribution >= 4 is 27.5 Å². The SMILES string of the molecule is N#CCOC(=O)COCc1nc2ccccc2s1. The molecular formula is C12H10N2O3S. The van der Waals surface area contributed by atoms with Crippen LogP contribution >= 0.6 is 11.3 Å². The Hall–Kier alpha value is -1.97. The van der Waals surface area contributed by atoms with Crippen LogP contribution in [-0.2, 0) is 20.9 Å². The Bertz CT molecular complexity index is 555. The van der Waals surface area contributed by atoms with Gasteiger partial charge in [-0.05, 0) is 12.1 Å². The number of ether oxygens (including phenoxy) is 2. The van der Waals surface area contributed by atoms with Crippen molar-refractivity contribution in [1.82, 2.24) is 4.98 Å². The highest BCUT2D eigenvalue weighted by atomic mass is 32.1. The van der Waals surface area contributed by atoms with Gasteiger partial charge in [0.1, 0.15) is 17.7 Å². The highest BCUT2D eigenvalue weighted by molar-refractivity contribution is 7.18. The van der Waals surface area contributed by atoms with Gasteiger partial charge in [-0.3, -0.25) is 0 Å². The maximum Gasteiger partial charge on any atom is 0.333 e. The minimum atomic E-state index is -0.544. The molecule has 1 heterocycles. The summed E-state index contributed by atoms with van der Waals surface area (Å²) in [5.74, 6) is -0.544. The van der Waals surface area contributed by atoms with Crippen molar-refractivity contribution in [2.24, 2.45) is 0 Å². The molecule has 0 saturated heterocycles. The van der Waals surface area contributed by atoms with Gasteiger partial charge in [0.15, 0.2) is 6.61 Å². The molecule has 18 heavy (non-hydrogen) atoms. The van der Waals surface area contributed by atoms with Crippen molar-refractivity contribution in [3.8, 4) is 6.07 Å². The number of para-hydroxylation sites is 1. The summed E-state index contributed by atoms with van der Waals surface area (Å²) in [7, 11) is 0. The first kappa shape index (κ1) is 12.5. The molecule has 0 aliphatic rings. The number of aromatic nitrogens is 1. The molecular weight excluding hydrogens is 252 g/mol. The van der Waals surface area contributed by atoms with Crippen LogP contribution in [0.1, 0.15) is 5.01 Å².